The number of halogens is 2. The lowest BCUT2D eigenvalue weighted by Gasteiger charge is -2.22. The molecule has 3 rings (SSSR count). The molecule has 116 valence electrons. The number of hydrogen-bond donors (Lipinski definition) is 3. The molecule has 0 spiro atoms. The molecule has 5 nitrogen and oxygen atoms in total. The monoisotopic (exact) mass is 330 g/mol. The van der Waals surface area contributed by atoms with Crippen molar-refractivity contribution in [1.29, 1.82) is 0 Å². The summed E-state index contributed by atoms with van der Waals surface area (Å²) in [6, 6.07) is 5.68. The van der Waals surface area contributed by atoms with E-state index in [4.69, 9.17) is 0 Å². The van der Waals surface area contributed by atoms with E-state index in [0.29, 0.717) is 0 Å². The molecule has 3 N–H and O–H groups in total. The number of nitrogens with one attached hydrogen (secondary N) is 3. The van der Waals surface area contributed by atoms with E-state index in [1.165, 1.54) is 0 Å². The number of fused-ring (bicyclic) bond motifs is 1. The van der Waals surface area contributed by atoms with Crippen molar-refractivity contribution in [1.82, 2.24) is 15.3 Å². The number of benzene rings is 1. The Labute approximate surface area is 136 Å². The van der Waals surface area contributed by atoms with Crippen LogP contribution in [-0.4, -0.2) is 28.5 Å². The Bertz CT molecular complexity index is 608. The molecule has 0 bridgehead atoms. The molecule has 1 aliphatic heterocycles. The average molecular weight is 331 g/mol. The normalized spacial score (nSPS) is 17.7. The molecule has 1 amide bonds. The van der Waals surface area contributed by atoms with Gasteiger partial charge in [0, 0.05) is 5.69 Å². The summed E-state index contributed by atoms with van der Waals surface area (Å²) in [5.74, 6) is 0.933. The maximum Gasteiger partial charge on any atom is 0.241 e. The predicted octanol–water partition coefficient (Wildman–Crippen LogP) is 2.80. The molecule has 2 aromatic rings. The number of carbonyl (C=O) groups excluding carboxylic acids is 1. The third kappa shape index (κ3) is 4.09. The Hall–Kier alpha value is -1.30. The number of H-pyrrole nitrogens is 1. The Morgan fingerprint density at radius 1 is 1.33 bits per heavy atom. The molecule has 21 heavy (non-hydrogen) atoms. The predicted molar refractivity (Wildman–Crippen MR) is 89.6 cm³/mol. The van der Waals surface area contributed by atoms with Gasteiger partial charge in [0.1, 0.15) is 5.82 Å². The van der Waals surface area contributed by atoms with Crippen LogP contribution >= 0.6 is 24.8 Å². The summed E-state index contributed by atoms with van der Waals surface area (Å²) >= 11 is 0. The largest absolute Gasteiger partial charge is 0.342 e. The minimum absolute atomic E-state index is 0. The second-order valence-corrected chi connectivity index (χ2v) is 5.05. The van der Waals surface area contributed by atoms with Crippen LogP contribution in [0.3, 0.4) is 0 Å². The fourth-order valence-corrected chi connectivity index (χ4v) is 2.52. The number of hydrogen-bond acceptors (Lipinski definition) is 3. The molecule has 1 aromatic carbocycles. The summed E-state index contributed by atoms with van der Waals surface area (Å²) in [6.45, 7) is 2.85. The van der Waals surface area contributed by atoms with Crippen LogP contribution in [0.15, 0.2) is 18.2 Å². The highest BCUT2D eigenvalue weighted by atomic mass is 35.5. The maximum absolute atomic E-state index is 12.1. The Balaban J connectivity index is 0.00000110. The summed E-state index contributed by atoms with van der Waals surface area (Å²) in [7, 11) is 0. The van der Waals surface area contributed by atoms with E-state index in [-0.39, 0.29) is 36.8 Å². The van der Waals surface area contributed by atoms with Gasteiger partial charge in [-0.05, 0) is 44.5 Å². The van der Waals surface area contributed by atoms with E-state index in [1.54, 1.807) is 0 Å². The first-order chi connectivity index (χ1) is 9.22. The lowest BCUT2D eigenvalue weighted by Crippen LogP contribution is -2.43. The van der Waals surface area contributed by atoms with Gasteiger partial charge in [0.2, 0.25) is 5.91 Å². The van der Waals surface area contributed by atoms with Gasteiger partial charge in [-0.1, -0.05) is 6.42 Å². The van der Waals surface area contributed by atoms with Gasteiger partial charge in [0.25, 0.3) is 0 Å². The topological polar surface area (TPSA) is 69.8 Å². The molecule has 1 saturated heterocycles. The van der Waals surface area contributed by atoms with E-state index >= 15 is 0 Å². The fourth-order valence-electron chi connectivity index (χ4n) is 2.52. The van der Waals surface area contributed by atoms with E-state index < -0.39 is 0 Å². The van der Waals surface area contributed by atoms with Gasteiger partial charge < -0.3 is 15.6 Å². The first-order valence-electron chi connectivity index (χ1n) is 6.73. The van der Waals surface area contributed by atoms with Crippen molar-refractivity contribution in [2.24, 2.45) is 0 Å². The number of carbonyl (C=O) groups is 1. The fraction of sp³-hybridized carbons (Fsp3) is 0.429. The van der Waals surface area contributed by atoms with Crippen LogP contribution in [-0.2, 0) is 4.79 Å². The van der Waals surface area contributed by atoms with Gasteiger partial charge in [-0.25, -0.2) is 4.98 Å². The van der Waals surface area contributed by atoms with Crippen molar-refractivity contribution in [3.63, 3.8) is 0 Å². The van der Waals surface area contributed by atoms with Crippen molar-refractivity contribution in [3.8, 4) is 0 Å². The van der Waals surface area contributed by atoms with Crippen molar-refractivity contribution < 1.29 is 4.79 Å². The lowest BCUT2D eigenvalue weighted by atomic mass is 10.0. The molecule has 0 saturated carbocycles. The SMILES string of the molecule is Cc1nc2ccc(NC(=O)[C@@H]3CCCCN3)cc2[nH]1.Cl.Cl. The summed E-state index contributed by atoms with van der Waals surface area (Å²) in [5.41, 5.74) is 2.69. The second kappa shape index (κ2) is 7.64. The van der Waals surface area contributed by atoms with Gasteiger partial charge in [-0.15, -0.1) is 24.8 Å². The van der Waals surface area contributed by atoms with E-state index in [2.05, 4.69) is 20.6 Å². The third-order valence-corrected chi connectivity index (χ3v) is 3.49. The highest BCUT2D eigenvalue weighted by molar-refractivity contribution is 5.96. The van der Waals surface area contributed by atoms with Crippen LogP contribution in [0.4, 0.5) is 5.69 Å². The maximum atomic E-state index is 12.1. The standard InChI is InChI=1S/C14H18N4O.2ClH/c1-9-16-11-6-5-10(8-13(11)17-9)18-14(19)12-4-2-3-7-15-12;;/h5-6,8,12,15H,2-4,7H2,1H3,(H,16,17)(H,18,19);2*1H/t12-;;/m0../s1. The van der Waals surface area contributed by atoms with Crippen molar-refractivity contribution in [2.75, 3.05) is 11.9 Å². The Morgan fingerprint density at radius 2 is 2.14 bits per heavy atom. The van der Waals surface area contributed by atoms with Crippen LogP contribution < -0.4 is 10.6 Å². The Kier molecular flexibility index (Phi) is 6.45. The molecule has 2 heterocycles. The summed E-state index contributed by atoms with van der Waals surface area (Å²) in [4.78, 5) is 19.6. The van der Waals surface area contributed by atoms with Crippen LogP contribution in [0, 0.1) is 6.92 Å². The number of aryl methyl sites for hydroxylation is 1. The summed E-state index contributed by atoms with van der Waals surface area (Å²) in [5, 5.41) is 6.21. The van der Waals surface area contributed by atoms with Crippen LogP contribution in [0.5, 0.6) is 0 Å². The lowest BCUT2D eigenvalue weighted by molar-refractivity contribution is -0.118. The number of aromatic amines is 1. The highest BCUT2D eigenvalue weighted by Gasteiger charge is 2.20. The number of anilines is 1. The number of piperidine rings is 1. The molecule has 0 aliphatic carbocycles. The van der Waals surface area contributed by atoms with Gasteiger partial charge in [0.15, 0.2) is 0 Å². The van der Waals surface area contributed by atoms with Gasteiger partial charge in [0.05, 0.1) is 17.1 Å². The van der Waals surface area contributed by atoms with Crippen LogP contribution in [0.1, 0.15) is 25.1 Å². The minimum atomic E-state index is -0.0621. The van der Waals surface area contributed by atoms with Crippen molar-refractivity contribution in [2.45, 2.75) is 32.2 Å². The first kappa shape index (κ1) is 17.8. The number of amides is 1. The van der Waals surface area contributed by atoms with Gasteiger partial charge >= 0.3 is 0 Å². The molecule has 1 fully saturated rings. The molecular weight excluding hydrogens is 311 g/mol. The van der Waals surface area contributed by atoms with Crippen molar-refractivity contribution >= 4 is 47.4 Å². The third-order valence-electron chi connectivity index (χ3n) is 3.49. The number of aromatic nitrogens is 2. The molecule has 1 aromatic heterocycles. The average Bonchev–Trinajstić information content (AvgIpc) is 2.79. The first-order valence-corrected chi connectivity index (χ1v) is 6.73. The zero-order valence-electron chi connectivity index (χ0n) is 11.8. The minimum Gasteiger partial charge on any atom is -0.342 e. The van der Waals surface area contributed by atoms with Gasteiger partial charge in [-0.3, -0.25) is 4.79 Å². The van der Waals surface area contributed by atoms with E-state index in [9.17, 15) is 4.79 Å². The summed E-state index contributed by atoms with van der Waals surface area (Å²) in [6.07, 6.45) is 3.18. The number of rotatable bonds is 2. The quantitative estimate of drug-likeness (QED) is 0.792. The Morgan fingerprint density at radius 3 is 2.86 bits per heavy atom. The molecule has 0 unspecified atom stereocenters. The molecular formula is C14H20Cl2N4O. The van der Waals surface area contributed by atoms with Crippen molar-refractivity contribution in [3.05, 3.63) is 24.0 Å². The zero-order valence-corrected chi connectivity index (χ0v) is 13.4. The van der Waals surface area contributed by atoms with Crippen LogP contribution in [0.2, 0.25) is 0 Å². The molecule has 1 aliphatic rings. The van der Waals surface area contributed by atoms with Crippen LogP contribution in [0.25, 0.3) is 11.0 Å². The van der Waals surface area contributed by atoms with E-state index in [0.717, 1.165) is 48.4 Å². The zero-order chi connectivity index (χ0) is 13.2. The smallest absolute Gasteiger partial charge is 0.241 e. The van der Waals surface area contributed by atoms with E-state index in [1.807, 2.05) is 25.1 Å². The second-order valence-electron chi connectivity index (χ2n) is 5.05. The molecule has 0 radical (unpaired) electrons. The van der Waals surface area contributed by atoms with Gasteiger partial charge in [-0.2, -0.15) is 0 Å². The summed E-state index contributed by atoms with van der Waals surface area (Å²) < 4.78 is 0. The number of nitrogens with zero attached hydrogens (tertiary/aromatic N) is 1. The highest BCUT2D eigenvalue weighted by Crippen LogP contribution is 2.18. The molecule has 7 heteroatoms. The molecule has 1 atom stereocenters. The number of imidazole rings is 1.